The van der Waals surface area contributed by atoms with Gasteiger partial charge in [0.1, 0.15) is 11.5 Å². The fraction of sp³-hybridized carbons (Fsp3) is 0.520. The minimum Gasteiger partial charge on any atom is -0.375 e. The lowest BCUT2D eigenvalue weighted by molar-refractivity contribution is -0.113. The number of hydrogen-bond acceptors (Lipinski definition) is 5. The average molecular weight is 426 g/mol. The zero-order valence-corrected chi connectivity index (χ0v) is 18.5. The van der Waals surface area contributed by atoms with Crippen molar-refractivity contribution >= 4 is 5.78 Å². The molecule has 1 aromatic heterocycles. The van der Waals surface area contributed by atoms with E-state index in [9.17, 15) is 9.18 Å². The first-order valence-corrected chi connectivity index (χ1v) is 11.2. The van der Waals surface area contributed by atoms with Crippen LogP contribution in [0.5, 0.6) is 0 Å². The number of hydrogen-bond donors (Lipinski definition) is 0. The summed E-state index contributed by atoms with van der Waals surface area (Å²) in [7, 11) is 0. The highest BCUT2D eigenvalue weighted by Crippen LogP contribution is 2.39. The largest absolute Gasteiger partial charge is 0.375 e. The second-order valence-corrected chi connectivity index (χ2v) is 9.28. The minimum absolute atomic E-state index is 0.101. The molecular formula is C25H32FN3O2. The summed E-state index contributed by atoms with van der Waals surface area (Å²) in [5.41, 5.74) is 0.346. The number of aromatic nitrogens is 1. The summed E-state index contributed by atoms with van der Waals surface area (Å²) < 4.78 is 19.9. The van der Waals surface area contributed by atoms with Crippen LogP contribution in [0.4, 0.5) is 4.39 Å². The summed E-state index contributed by atoms with van der Waals surface area (Å²) in [6.07, 6.45) is 3.73. The summed E-state index contributed by atoms with van der Waals surface area (Å²) in [6, 6.07) is 12.5. The normalized spacial score (nSPS) is 24.7. The maximum Gasteiger partial charge on any atom is 0.201 e. The summed E-state index contributed by atoms with van der Waals surface area (Å²) in [4.78, 5) is 22.8. The van der Waals surface area contributed by atoms with Crippen molar-refractivity contribution in [3.05, 3.63) is 65.7 Å². The van der Waals surface area contributed by atoms with Crippen molar-refractivity contribution in [1.29, 1.82) is 0 Å². The Kier molecular flexibility index (Phi) is 6.51. The topological polar surface area (TPSA) is 45.7 Å². The predicted octanol–water partition coefficient (Wildman–Crippen LogP) is 3.59. The van der Waals surface area contributed by atoms with Crippen molar-refractivity contribution in [3.63, 3.8) is 0 Å². The number of benzene rings is 1. The molecule has 6 heteroatoms. The smallest absolute Gasteiger partial charge is 0.201 e. The van der Waals surface area contributed by atoms with Crippen molar-refractivity contribution in [1.82, 2.24) is 14.8 Å². The molecule has 0 bridgehead atoms. The number of carbonyl (C=O) groups is 1. The monoisotopic (exact) mass is 425 g/mol. The van der Waals surface area contributed by atoms with Crippen LogP contribution in [0, 0.1) is 5.82 Å². The van der Waals surface area contributed by atoms with Gasteiger partial charge in [0, 0.05) is 51.9 Å². The molecule has 4 rings (SSSR count). The number of rotatable bonds is 6. The van der Waals surface area contributed by atoms with Gasteiger partial charge >= 0.3 is 0 Å². The highest BCUT2D eigenvalue weighted by Gasteiger charge is 2.51. The molecule has 3 heterocycles. The van der Waals surface area contributed by atoms with Gasteiger partial charge in [0.2, 0.25) is 5.78 Å². The van der Waals surface area contributed by atoms with Crippen LogP contribution in [0.2, 0.25) is 0 Å². The minimum atomic E-state index is -0.590. The first-order valence-electron chi connectivity index (χ1n) is 11.2. The van der Waals surface area contributed by atoms with Gasteiger partial charge in [-0.2, -0.15) is 0 Å². The maximum atomic E-state index is 13.9. The van der Waals surface area contributed by atoms with Crippen LogP contribution in [0.25, 0.3) is 0 Å². The van der Waals surface area contributed by atoms with Crippen LogP contribution in [0.15, 0.2) is 48.7 Å². The van der Waals surface area contributed by atoms with Gasteiger partial charge in [-0.25, -0.2) is 4.39 Å². The lowest BCUT2D eigenvalue weighted by Crippen LogP contribution is -2.65. The van der Waals surface area contributed by atoms with E-state index < -0.39 is 5.54 Å². The standard InChI is InChI=1S/C25H32FN3O2/c1-24(2)19-25(11-18-31-24,23(30)22-9-5-6-12-27-22)29-16-14-28(15-17-29)13-10-20-7-3-4-8-21(20)26/h3-9,12H,10-11,13-19H2,1-2H3. The molecule has 2 aliphatic rings. The van der Waals surface area contributed by atoms with E-state index in [0.29, 0.717) is 31.6 Å². The maximum absolute atomic E-state index is 13.9. The SMILES string of the molecule is CC1(C)CC(C(=O)c2ccccn2)(N2CCN(CCc3ccccc3F)CC2)CCO1. The number of ether oxygens (including phenoxy) is 1. The van der Waals surface area contributed by atoms with E-state index in [1.807, 2.05) is 30.3 Å². The molecular weight excluding hydrogens is 393 g/mol. The number of carbonyl (C=O) groups excluding carboxylic acids is 1. The number of ketones is 1. The highest BCUT2D eigenvalue weighted by molar-refractivity contribution is 6.02. The zero-order chi connectivity index (χ0) is 21.9. The third-order valence-corrected chi connectivity index (χ3v) is 6.68. The van der Waals surface area contributed by atoms with Gasteiger partial charge in [0.15, 0.2) is 0 Å². The van der Waals surface area contributed by atoms with E-state index >= 15 is 0 Å². The number of nitrogens with zero attached hydrogens (tertiary/aromatic N) is 3. The fourth-order valence-corrected chi connectivity index (χ4v) is 5.06. The van der Waals surface area contributed by atoms with E-state index in [2.05, 4.69) is 28.6 Å². The van der Waals surface area contributed by atoms with Crippen molar-refractivity contribution in [2.75, 3.05) is 39.3 Å². The third kappa shape index (κ3) is 4.86. The second-order valence-electron chi connectivity index (χ2n) is 9.28. The van der Waals surface area contributed by atoms with Crippen molar-refractivity contribution < 1.29 is 13.9 Å². The molecule has 31 heavy (non-hydrogen) atoms. The van der Waals surface area contributed by atoms with Gasteiger partial charge in [0.05, 0.1) is 11.1 Å². The Hall–Kier alpha value is -2.15. The molecule has 1 aromatic carbocycles. The number of piperazine rings is 1. The first-order chi connectivity index (χ1) is 14.9. The molecule has 2 aliphatic heterocycles. The number of halogens is 1. The number of pyridine rings is 1. The Morgan fingerprint density at radius 3 is 2.52 bits per heavy atom. The molecule has 0 spiro atoms. The summed E-state index contributed by atoms with van der Waals surface area (Å²) >= 11 is 0. The molecule has 0 aliphatic carbocycles. The summed E-state index contributed by atoms with van der Waals surface area (Å²) in [5.74, 6) is -0.0326. The second kappa shape index (κ2) is 9.15. The fourth-order valence-electron chi connectivity index (χ4n) is 5.06. The van der Waals surface area contributed by atoms with E-state index in [4.69, 9.17) is 4.74 Å². The van der Waals surface area contributed by atoms with Crippen LogP contribution in [0.1, 0.15) is 42.7 Å². The van der Waals surface area contributed by atoms with Gasteiger partial charge in [-0.1, -0.05) is 24.3 Å². The van der Waals surface area contributed by atoms with Crippen LogP contribution in [-0.4, -0.2) is 71.0 Å². The molecule has 0 amide bonds. The molecule has 0 saturated carbocycles. The highest BCUT2D eigenvalue weighted by atomic mass is 19.1. The van der Waals surface area contributed by atoms with E-state index in [0.717, 1.165) is 38.3 Å². The first kappa shape index (κ1) is 22.1. The summed E-state index contributed by atoms with van der Waals surface area (Å²) in [5, 5.41) is 0. The molecule has 5 nitrogen and oxygen atoms in total. The lowest BCUT2D eigenvalue weighted by Gasteiger charge is -2.52. The molecule has 2 aromatic rings. The molecule has 166 valence electrons. The quantitative estimate of drug-likeness (QED) is 0.662. The van der Waals surface area contributed by atoms with E-state index in [1.54, 1.807) is 12.3 Å². The number of Topliss-reactive ketones (excluding diaryl/α,β-unsaturated/α-hetero) is 1. The molecule has 0 radical (unpaired) electrons. The Morgan fingerprint density at radius 2 is 1.84 bits per heavy atom. The van der Waals surface area contributed by atoms with Gasteiger partial charge in [-0.15, -0.1) is 0 Å². The van der Waals surface area contributed by atoms with Gasteiger partial charge in [0.25, 0.3) is 0 Å². The zero-order valence-electron chi connectivity index (χ0n) is 18.5. The van der Waals surface area contributed by atoms with Crippen LogP contribution < -0.4 is 0 Å². The molecule has 2 fully saturated rings. The Morgan fingerprint density at radius 1 is 1.10 bits per heavy atom. The van der Waals surface area contributed by atoms with Crippen LogP contribution >= 0.6 is 0 Å². The average Bonchev–Trinajstić information content (AvgIpc) is 2.78. The lowest BCUT2D eigenvalue weighted by atomic mass is 9.75. The molecule has 0 N–H and O–H groups in total. The Labute approximate surface area is 184 Å². The molecule has 1 unspecified atom stereocenters. The predicted molar refractivity (Wildman–Crippen MR) is 119 cm³/mol. The van der Waals surface area contributed by atoms with E-state index in [1.165, 1.54) is 6.07 Å². The Balaban J connectivity index is 1.46. The van der Waals surface area contributed by atoms with E-state index in [-0.39, 0.29) is 17.2 Å². The summed E-state index contributed by atoms with van der Waals surface area (Å²) in [6.45, 7) is 8.88. The van der Waals surface area contributed by atoms with Gasteiger partial charge in [-0.3, -0.25) is 14.7 Å². The van der Waals surface area contributed by atoms with Crippen LogP contribution in [-0.2, 0) is 11.2 Å². The van der Waals surface area contributed by atoms with Crippen molar-refractivity contribution in [3.8, 4) is 0 Å². The van der Waals surface area contributed by atoms with Gasteiger partial charge in [-0.05, 0) is 50.5 Å². The Bertz CT molecular complexity index is 897. The van der Waals surface area contributed by atoms with Crippen LogP contribution in [0.3, 0.4) is 0 Å². The van der Waals surface area contributed by atoms with Crippen molar-refractivity contribution in [2.45, 2.75) is 44.2 Å². The molecule has 1 atom stereocenters. The third-order valence-electron chi connectivity index (χ3n) is 6.68. The molecule has 2 saturated heterocycles. The van der Waals surface area contributed by atoms with Gasteiger partial charge < -0.3 is 9.64 Å². The van der Waals surface area contributed by atoms with Crippen molar-refractivity contribution in [2.24, 2.45) is 0 Å².